The van der Waals surface area contributed by atoms with Crippen molar-refractivity contribution in [3.05, 3.63) is 5.82 Å². The van der Waals surface area contributed by atoms with Gasteiger partial charge in [-0.15, -0.1) is 8.42 Å². The Balaban J connectivity index is 3.33. The Bertz CT molecular complexity index is 382. The van der Waals surface area contributed by atoms with E-state index in [9.17, 15) is 8.42 Å². The zero-order chi connectivity index (χ0) is 9.35. The van der Waals surface area contributed by atoms with E-state index in [1.807, 2.05) is 0 Å². The second-order valence-corrected chi connectivity index (χ2v) is 6.01. The maximum Gasteiger partial charge on any atom is 0.499 e. The molecule has 0 aliphatic heterocycles. The highest BCUT2D eigenvalue weighted by Crippen LogP contribution is 2.29. The van der Waals surface area contributed by atoms with Crippen molar-refractivity contribution in [1.29, 1.82) is 0 Å². The Labute approximate surface area is 70.9 Å². The fourth-order valence-electron chi connectivity index (χ4n) is 0.599. The Kier molecular flexibility index (Phi) is 2.28. The fraction of sp³-hybridized carbons (Fsp3) is 0.333. The van der Waals surface area contributed by atoms with Gasteiger partial charge in [-0.05, 0) is 0 Å². The summed E-state index contributed by atoms with van der Waals surface area (Å²) in [6.45, 7) is 1.51. The first-order chi connectivity index (χ1) is 5.45. The predicted molar refractivity (Wildman–Crippen MR) is 44.0 cm³/mol. The molecule has 1 atom stereocenters. The fourth-order valence-corrected chi connectivity index (χ4v) is 3.03. The lowest BCUT2D eigenvalue weighted by molar-refractivity contribution is 0.502. The van der Waals surface area contributed by atoms with Gasteiger partial charge in [-0.3, -0.25) is 5.43 Å². The molecule has 1 rings (SSSR count). The topological polar surface area (TPSA) is 118 Å². The summed E-state index contributed by atoms with van der Waals surface area (Å²) in [5.41, 5.74) is 2.06. The summed E-state index contributed by atoms with van der Waals surface area (Å²) >= 11 is 0. The smallest absolute Gasteiger partial charge is 0.260 e. The number of anilines is 1. The number of nitrogens with zero attached hydrogens (tertiary/aromatic N) is 2. The van der Waals surface area contributed by atoms with E-state index in [-0.39, 0.29) is 11.0 Å². The molecular weight excluding hydrogens is 204 g/mol. The Morgan fingerprint density at radius 2 is 2.25 bits per heavy atom. The van der Waals surface area contributed by atoms with Crippen molar-refractivity contribution in [2.75, 3.05) is 5.43 Å². The van der Waals surface area contributed by atoms with Crippen molar-refractivity contribution < 1.29 is 13.0 Å². The molecule has 0 radical (unpaired) electrons. The Morgan fingerprint density at radius 1 is 1.67 bits per heavy atom. The van der Waals surface area contributed by atoms with Crippen LogP contribution in [0.1, 0.15) is 5.82 Å². The minimum Gasteiger partial charge on any atom is -0.260 e. The molecule has 0 bridgehead atoms. The van der Waals surface area contributed by atoms with E-state index in [1.54, 1.807) is 0 Å². The lowest BCUT2D eigenvalue weighted by atomic mass is 10.8. The van der Waals surface area contributed by atoms with E-state index in [4.69, 9.17) is 10.4 Å². The first kappa shape index (κ1) is 9.32. The van der Waals surface area contributed by atoms with Crippen molar-refractivity contribution in [3.8, 4) is 0 Å². The largest absolute Gasteiger partial charge is 0.499 e. The summed E-state index contributed by atoms with van der Waals surface area (Å²) in [6, 6.07) is 0. The maximum absolute atomic E-state index is 10.6. The van der Waals surface area contributed by atoms with Crippen molar-refractivity contribution >= 4 is 24.0 Å². The number of hydrazine groups is 1. The molecule has 1 heterocycles. The molecule has 0 spiro atoms. The molecule has 68 valence electrons. The van der Waals surface area contributed by atoms with Crippen LogP contribution in [0, 0.1) is 6.92 Å². The number of aromatic nitrogens is 2. The summed E-state index contributed by atoms with van der Waals surface area (Å²) in [7, 11) is -5.91. The van der Waals surface area contributed by atoms with Gasteiger partial charge in [-0.2, -0.15) is 4.98 Å². The van der Waals surface area contributed by atoms with Crippen LogP contribution < -0.4 is 11.3 Å². The van der Waals surface area contributed by atoms with Crippen LogP contribution in [0.2, 0.25) is 0 Å². The van der Waals surface area contributed by atoms with E-state index < -0.39 is 18.8 Å². The molecule has 0 amide bonds. The summed E-state index contributed by atoms with van der Waals surface area (Å²) in [6.07, 6.45) is 0. The van der Waals surface area contributed by atoms with E-state index in [1.165, 1.54) is 6.92 Å². The van der Waals surface area contributed by atoms with Gasteiger partial charge in [0.1, 0.15) is 0 Å². The normalized spacial score (nSPS) is 13.1. The van der Waals surface area contributed by atoms with Gasteiger partial charge in [0, 0.05) is 11.3 Å². The van der Waals surface area contributed by atoms with Crippen LogP contribution in [0.3, 0.4) is 0 Å². The lowest BCUT2D eigenvalue weighted by Crippen LogP contribution is -2.08. The quantitative estimate of drug-likeness (QED) is 0.198. The van der Waals surface area contributed by atoms with Gasteiger partial charge in [0.15, 0.2) is 5.82 Å². The Hall–Kier alpha value is -0.770. The predicted octanol–water partition coefficient (Wildman–Crippen LogP) is -0.529. The lowest BCUT2D eigenvalue weighted by Gasteiger charge is -1.83. The minimum absolute atomic E-state index is 0.0463. The van der Waals surface area contributed by atoms with E-state index in [2.05, 4.69) is 14.8 Å². The van der Waals surface area contributed by atoms with Crippen LogP contribution in [0.25, 0.3) is 0 Å². The minimum atomic E-state index is -4.23. The molecule has 0 fully saturated rings. The van der Waals surface area contributed by atoms with Gasteiger partial charge >= 0.3 is 14.3 Å². The SMILES string of the molecule is Cc1nc(NN)[s+](S(=O)(=O)O)n1. The number of rotatable bonds is 2. The summed E-state index contributed by atoms with van der Waals surface area (Å²) in [5, 5.41) is -0.0463. The van der Waals surface area contributed by atoms with E-state index in [0.717, 1.165) is 0 Å². The van der Waals surface area contributed by atoms with E-state index >= 15 is 0 Å². The van der Waals surface area contributed by atoms with Crippen molar-refractivity contribution in [2.24, 2.45) is 5.84 Å². The molecule has 0 aromatic carbocycles. The zero-order valence-electron chi connectivity index (χ0n) is 6.05. The van der Waals surface area contributed by atoms with Crippen LogP contribution >= 0.6 is 9.70 Å². The number of nitrogen functional groups attached to an aromatic ring is 1. The molecule has 4 N–H and O–H groups in total. The monoisotopic (exact) mass is 211 g/mol. The molecule has 1 aromatic rings. The third-order valence-electron chi connectivity index (χ3n) is 0.967. The molecule has 9 heteroatoms. The van der Waals surface area contributed by atoms with Gasteiger partial charge in [-0.1, -0.05) is 0 Å². The molecule has 12 heavy (non-hydrogen) atoms. The molecule has 0 aliphatic rings. The van der Waals surface area contributed by atoms with Crippen molar-refractivity contribution in [1.82, 2.24) is 9.36 Å². The number of aryl methyl sites for hydroxylation is 1. The third kappa shape index (κ3) is 1.69. The van der Waals surface area contributed by atoms with Gasteiger partial charge < -0.3 is 0 Å². The highest BCUT2D eigenvalue weighted by molar-refractivity contribution is 8.35. The third-order valence-corrected chi connectivity index (χ3v) is 4.23. The van der Waals surface area contributed by atoms with Gasteiger partial charge in [0.05, 0.1) is 0 Å². The van der Waals surface area contributed by atoms with Gasteiger partial charge in [-0.25, -0.2) is 10.4 Å². The molecule has 0 aliphatic carbocycles. The van der Waals surface area contributed by atoms with Crippen LogP contribution in [0.15, 0.2) is 0 Å². The molecule has 1 aromatic heterocycles. The number of hydrogen-bond donors (Lipinski definition) is 3. The summed E-state index contributed by atoms with van der Waals surface area (Å²) in [5.74, 6) is 5.23. The van der Waals surface area contributed by atoms with E-state index in [0.29, 0.717) is 0 Å². The maximum atomic E-state index is 10.6. The van der Waals surface area contributed by atoms with Crippen LogP contribution in [0.4, 0.5) is 5.13 Å². The average molecular weight is 211 g/mol. The first-order valence-corrected chi connectivity index (χ1v) is 5.92. The van der Waals surface area contributed by atoms with Gasteiger partial charge in [0.25, 0.3) is 9.70 Å². The molecule has 1 unspecified atom stereocenters. The standard InChI is InChI=1S/C3H6N4O3S2/c1-2-5-3(6-4)11(7-2)12(8,9)10/h4H2,1H3,(H-,5,6,7,8,9,10)/p+1. The molecular formula is C3H7N4O3S2+. The van der Waals surface area contributed by atoms with Gasteiger partial charge in [0.2, 0.25) is 0 Å². The van der Waals surface area contributed by atoms with Crippen LogP contribution in [-0.4, -0.2) is 22.3 Å². The van der Waals surface area contributed by atoms with Crippen LogP contribution in [0.5, 0.6) is 0 Å². The number of nitrogens with two attached hydrogens (primary N) is 1. The molecule has 7 nitrogen and oxygen atoms in total. The highest BCUT2D eigenvalue weighted by atomic mass is 33.2. The number of hydrogen-bond acceptors (Lipinski definition) is 6. The van der Waals surface area contributed by atoms with Crippen LogP contribution in [-0.2, 0) is 9.15 Å². The first-order valence-electron chi connectivity index (χ1n) is 2.78. The summed E-state index contributed by atoms with van der Waals surface area (Å²) in [4.78, 5) is 3.66. The second kappa shape index (κ2) is 2.94. The summed E-state index contributed by atoms with van der Waals surface area (Å²) < 4.78 is 33.5. The average Bonchev–Trinajstić information content (AvgIpc) is 2.29. The number of nitrogens with one attached hydrogen (secondary N) is 1. The Morgan fingerprint density at radius 3 is 2.58 bits per heavy atom. The second-order valence-electron chi connectivity index (χ2n) is 1.88. The van der Waals surface area contributed by atoms with Crippen molar-refractivity contribution in [3.63, 3.8) is 0 Å². The molecule has 0 saturated carbocycles. The van der Waals surface area contributed by atoms with Crippen molar-refractivity contribution in [2.45, 2.75) is 6.92 Å². The zero-order valence-corrected chi connectivity index (χ0v) is 7.68. The highest BCUT2D eigenvalue weighted by Gasteiger charge is 2.33. The molecule has 0 saturated heterocycles.